The molecule has 3 nitrogen and oxygen atoms in total. The van der Waals surface area contributed by atoms with E-state index in [-0.39, 0.29) is 18.6 Å². The van der Waals surface area contributed by atoms with Gasteiger partial charge in [0, 0.05) is 12.0 Å². The largest absolute Gasteiger partial charge is 0.463 e. The van der Waals surface area contributed by atoms with E-state index in [2.05, 4.69) is 4.74 Å². The van der Waals surface area contributed by atoms with Gasteiger partial charge in [-0.2, -0.15) is 0 Å². The Morgan fingerprint density at radius 3 is 2.82 bits per heavy atom. The number of hydrogen-bond acceptors (Lipinski definition) is 3. The molecule has 0 N–H and O–H groups in total. The fraction of sp³-hybridized carbons (Fsp3) is 0.385. The Kier molecular flexibility index (Phi) is 2.96. The molecule has 1 aromatic carbocycles. The van der Waals surface area contributed by atoms with Gasteiger partial charge in [0.15, 0.2) is 5.78 Å². The van der Waals surface area contributed by atoms with Crippen LogP contribution in [0.3, 0.4) is 0 Å². The summed E-state index contributed by atoms with van der Waals surface area (Å²) in [5.74, 6) is -1.81. The zero-order valence-corrected chi connectivity index (χ0v) is 9.53. The average Bonchev–Trinajstić information content (AvgIpc) is 2.34. The molecule has 1 aromatic rings. The van der Waals surface area contributed by atoms with Gasteiger partial charge < -0.3 is 4.74 Å². The first-order chi connectivity index (χ1) is 8.10. The number of Topliss-reactive ketones (excluding diaryl/α,β-unsaturated/α-hetero) is 1. The predicted molar refractivity (Wildman–Crippen MR) is 59.2 cm³/mol. The van der Waals surface area contributed by atoms with E-state index in [4.69, 9.17) is 0 Å². The summed E-state index contributed by atoms with van der Waals surface area (Å²) in [5.41, 5.74) is -1.79. The third kappa shape index (κ3) is 1.73. The van der Waals surface area contributed by atoms with Crippen molar-refractivity contribution < 1.29 is 18.7 Å². The molecule has 0 amide bonds. The quantitative estimate of drug-likeness (QED) is 0.582. The van der Waals surface area contributed by atoms with E-state index in [9.17, 15) is 14.0 Å². The van der Waals surface area contributed by atoms with Crippen LogP contribution in [-0.4, -0.2) is 18.4 Å². The Morgan fingerprint density at radius 2 is 2.12 bits per heavy atom. The number of ether oxygens (including phenoxy) is 1. The Labute approximate surface area is 98.6 Å². The molecule has 1 atom stereocenters. The lowest BCUT2D eigenvalue weighted by molar-refractivity contribution is -0.163. The summed E-state index contributed by atoms with van der Waals surface area (Å²) in [5, 5.41) is 0. The first kappa shape index (κ1) is 11.8. The van der Waals surface area contributed by atoms with Crippen LogP contribution < -0.4 is 0 Å². The summed E-state index contributed by atoms with van der Waals surface area (Å²) >= 11 is 0. The smallest absolute Gasteiger partial charge is 0.356 e. The Hall–Kier alpha value is -1.71. The molecule has 4 heteroatoms. The van der Waals surface area contributed by atoms with Crippen LogP contribution in [0.15, 0.2) is 24.3 Å². The van der Waals surface area contributed by atoms with Crippen LogP contribution >= 0.6 is 0 Å². The van der Waals surface area contributed by atoms with Gasteiger partial charge in [0.2, 0.25) is 0 Å². The lowest BCUT2D eigenvalue weighted by atomic mass is 9.79. The molecule has 17 heavy (non-hydrogen) atoms. The maximum atomic E-state index is 14.7. The fourth-order valence-electron chi connectivity index (χ4n) is 2.10. The summed E-state index contributed by atoms with van der Waals surface area (Å²) in [6.07, 6.45) is 0.506. The first-order valence-electron chi connectivity index (χ1n) is 5.58. The molecule has 0 fully saturated rings. The molecule has 0 radical (unpaired) electrons. The van der Waals surface area contributed by atoms with Crippen molar-refractivity contribution in [3.63, 3.8) is 0 Å². The molecule has 0 spiro atoms. The molecular formula is C13H13FO3. The highest BCUT2D eigenvalue weighted by molar-refractivity contribution is 6.09. The highest BCUT2D eigenvalue weighted by atomic mass is 19.1. The summed E-state index contributed by atoms with van der Waals surface area (Å²) in [6, 6.07) is 6.59. The molecular weight excluding hydrogens is 223 g/mol. The van der Waals surface area contributed by atoms with Gasteiger partial charge in [0.1, 0.15) is 0 Å². The van der Waals surface area contributed by atoms with Crippen molar-refractivity contribution in [3.8, 4) is 0 Å². The molecule has 2 rings (SSSR count). The van der Waals surface area contributed by atoms with Crippen LogP contribution in [0.5, 0.6) is 0 Å². The summed E-state index contributed by atoms with van der Waals surface area (Å²) in [4.78, 5) is 23.4. The number of ketones is 1. The van der Waals surface area contributed by atoms with Crippen molar-refractivity contribution in [1.29, 1.82) is 0 Å². The van der Waals surface area contributed by atoms with Gasteiger partial charge in [0.05, 0.1) is 6.61 Å². The molecule has 0 aliphatic heterocycles. The number of esters is 1. The molecule has 1 unspecified atom stereocenters. The minimum atomic E-state index is -2.62. The van der Waals surface area contributed by atoms with Crippen LogP contribution in [0.4, 0.5) is 4.39 Å². The zero-order chi connectivity index (χ0) is 12.5. The Balaban J connectivity index is 2.51. The highest BCUT2D eigenvalue weighted by Gasteiger charge is 2.52. The lowest BCUT2D eigenvalue weighted by Crippen LogP contribution is -2.44. The number of carbonyl (C=O) groups is 2. The van der Waals surface area contributed by atoms with Crippen molar-refractivity contribution >= 4 is 11.8 Å². The minimum absolute atomic E-state index is 0.0341. The van der Waals surface area contributed by atoms with E-state index in [1.165, 1.54) is 6.07 Å². The van der Waals surface area contributed by atoms with Crippen LogP contribution in [0.2, 0.25) is 0 Å². The topological polar surface area (TPSA) is 43.4 Å². The first-order valence-corrected chi connectivity index (χ1v) is 5.58. The van der Waals surface area contributed by atoms with Crippen molar-refractivity contribution in [2.24, 2.45) is 0 Å². The normalized spacial score (nSPS) is 23.1. The van der Waals surface area contributed by atoms with E-state index in [0.717, 1.165) is 0 Å². The number of carbonyl (C=O) groups excluding carboxylic acids is 2. The van der Waals surface area contributed by atoms with Crippen molar-refractivity contribution in [2.75, 3.05) is 6.61 Å². The number of hydrogen-bond donors (Lipinski definition) is 0. The van der Waals surface area contributed by atoms with E-state index >= 15 is 0 Å². The third-order valence-corrected chi connectivity index (χ3v) is 2.95. The zero-order valence-electron chi connectivity index (χ0n) is 9.53. The molecule has 0 saturated carbocycles. The van der Waals surface area contributed by atoms with Crippen LogP contribution in [0.25, 0.3) is 0 Å². The number of aryl methyl sites for hydroxylation is 1. The number of benzene rings is 1. The van der Waals surface area contributed by atoms with Crippen LogP contribution in [0, 0.1) is 0 Å². The SMILES string of the molecule is CCOC(=O)C1(F)C(=O)CCc2ccccc21. The van der Waals surface area contributed by atoms with Gasteiger partial charge in [-0.05, 0) is 18.9 Å². The van der Waals surface area contributed by atoms with Crippen LogP contribution in [-0.2, 0) is 26.4 Å². The van der Waals surface area contributed by atoms with Crippen molar-refractivity contribution in [2.45, 2.75) is 25.4 Å². The highest BCUT2D eigenvalue weighted by Crippen LogP contribution is 2.37. The number of alkyl halides is 1. The molecule has 1 aliphatic rings. The van der Waals surface area contributed by atoms with Gasteiger partial charge in [-0.1, -0.05) is 24.3 Å². The molecule has 90 valence electrons. The standard InChI is InChI=1S/C13H13FO3/c1-2-17-12(16)13(14)10-6-4-3-5-9(10)7-8-11(13)15/h3-6H,2,7-8H2,1H3. The van der Waals surface area contributed by atoms with Crippen molar-refractivity contribution in [1.82, 2.24) is 0 Å². The fourth-order valence-corrected chi connectivity index (χ4v) is 2.10. The molecule has 0 bridgehead atoms. The summed E-state index contributed by atoms with van der Waals surface area (Å²) in [6.45, 7) is 1.64. The number of halogens is 1. The average molecular weight is 236 g/mol. The minimum Gasteiger partial charge on any atom is -0.463 e. The number of rotatable bonds is 2. The van der Waals surface area contributed by atoms with Gasteiger partial charge in [-0.3, -0.25) is 4.79 Å². The maximum Gasteiger partial charge on any atom is 0.356 e. The van der Waals surface area contributed by atoms with E-state index in [0.29, 0.717) is 12.0 Å². The second-order valence-corrected chi connectivity index (χ2v) is 3.96. The van der Waals surface area contributed by atoms with E-state index in [1.54, 1.807) is 25.1 Å². The van der Waals surface area contributed by atoms with Gasteiger partial charge in [-0.15, -0.1) is 0 Å². The summed E-state index contributed by atoms with van der Waals surface area (Å²) < 4.78 is 19.4. The Bertz CT molecular complexity index is 469. The van der Waals surface area contributed by atoms with Gasteiger partial charge in [-0.25, -0.2) is 9.18 Å². The molecule has 0 aromatic heterocycles. The Morgan fingerprint density at radius 1 is 1.41 bits per heavy atom. The van der Waals surface area contributed by atoms with Gasteiger partial charge in [0.25, 0.3) is 5.67 Å². The predicted octanol–water partition coefficient (Wildman–Crippen LogP) is 1.93. The maximum absolute atomic E-state index is 14.7. The second-order valence-electron chi connectivity index (χ2n) is 3.96. The third-order valence-electron chi connectivity index (χ3n) is 2.95. The van der Waals surface area contributed by atoms with E-state index in [1.807, 2.05) is 0 Å². The monoisotopic (exact) mass is 236 g/mol. The van der Waals surface area contributed by atoms with Crippen LogP contribution in [0.1, 0.15) is 24.5 Å². The van der Waals surface area contributed by atoms with Crippen molar-refractivity contribution in [3.05, 3.63) is 35.4 Å². The molecule has 0 saturated heterocycles. The van der Waals surface area contributed by atoms with Gasteiger partial charge >= 0.3 is 5.97 Å². The lowest BCUT2D eigenvalue weighted by Gasteiger charge is -2.28. The molecule has 0 heterocycles. The second kappa shape index (κ2) is 4.28. The summed E-state index contributed by atoms with van der Waals surface area (Å²) in [7, 11) is 0. The number of fused-ring (bicyclic) bond motifs is 1. The molecule has 1 aliphatic carbocycles. The van der Waals surface area contributed by atoms with E-state index < -0.39 is 17.4 Å².